The van der Waals surface area contributed by atoms with Crippen LogP contribution < -0.4 is 4.72 Å². The molecule has 0 saturated carbocycles. The molecular weight excluding hydrogens is 250 g/mol. The van der Waals surface area contributed by atoms with Crippen molar-refractivity contribution in [2.24, 2.45) is 0 Å². The van der Waals surface area contributed by atoms with Crippen LogP contribution in [0.2, 0.25) is 0 Å². The van der Waals surface area contributed by atoms with Gasteiger partial charge in [-0.2, -0.15) is 0 Å². The van der Waals surface area contributed by atoms with Crippen LogP contribution in [-0.2, 0) is 23.0 Å². The molecule has 98 valence electrons. The number of aryl methyl sites for hydroxylation is 1. The van der Waals surface area contributed by atoms with E-state index < -0.39 is 10.0 Å². The van der Waals surface area contributed by atoms with Gasteiger partial charge in [0.2, 0.25) is 10.0 Å². The van der Waals surface area contributed by atoms with Crippen LogP contribution >= 0.6 is 0 Å². The number of nitrogens with zero attached hydrogens (tertiary/aromatic N) is 2. The summed E-state index contributed by atoms with van der Waals surface area (Å²) in [6.07, 6.45) is 1.76. The summed E-state index contributed by atoms with van der Waals surface area (Å²) in [6.45, 7) is 3.26. The lowest BCUT2D eigenvalue weighted by atomic mass is 10.3. The molecule has 0 aliphatic rings. The van der Waals surface area contributed by atoms with E-state index in [1.165, 1.54) is 0 Å². The van der Waals surface area contributed by atoms with E-state index in [1.807, 2.05) is 24.3 Å². The lowest BCUT2D eigenvalue weighted by Crippen LogP contribution is -2.25. The van der Waals surface area contributed by atoms with Gasteiger partial charge in [0.05, 0.1) is 17.3 Å². The summed E-state index contributed by atoms with van der Waals surface area (Å²) < 4.78 is 26.6. The highest BCUT2D eigenvalue weighted by molar-refractivity contribution is 7.88. The van der Waals surface area contributed by atoms with Gasteiger partial charge in [-0.1, -0.05) is 12.1 Å². The fourth-order valence-electron chi connectivity index (χ4n) is 2.02. The Hall–Kier alpha value is -1.40. The second kappa shape index (κ2) is 5.07. The molecule has 0 amide bonds. The van der Waals surface area contributed by atoms with E-state index in [9.17, 15) is 8.42 Å². The van der Waals surface area contributed by atoms with Gasteiger partial charge in [-0.25, -0.2) is 18.1 Å². The smallest absolute Gasteiger partial charge is 0.208 e. The van der Waals surface area contributed by atoms with E-state index in [0.29, 0.717) is 13.0 Å². The van der Waals surface area contributed by atoms with Crippen molar-refractivity contribution in [2.45, 2.75) is 19.9 Å². The van der Waals surface area contributed by atoms with Crippen LogP contribution in [0.5, 0.6) is 0 Å². The van der Waals surface area contributed by atoms with E-state index >= 15 is 0 Å². The Labute approximate surface area is 107 Å². The third-order valence-electron chi connectivity index (χ3n) is 2.76. The highest BCUT2D eigenvalue weighted by atomic mass is 32.2. The van der Waals surface area contributed by atoms with Crippen LogP contribution in [0.1, 0.15) is 12.7 Å². The zero-order valence-corrected chi connectivity index (χ0v) is 11.4. The van der Waals surface area contributed by atoms with Crippen LogP contribution in [0.3, 0.4) is 0 Å². The molecule has 0 unspecified atom stereocenters. The number of hydrogen-bond donors (Lipinski definition) is 1. The number of imidazole rings is 1. The van der Waals surface area contributed by atoms with Gasteiger partial charge in [-0.15, -0.1) is 0 Å². The molecule has 1 aromatic carbocycles. The zero-order valence-electron chi connectivity index (χ0n) is 10.5. The van der Waals surface area contributed by atoms with E-state index in [4.69, 9.17) is 0 Å². The molecule has 0 spiro atoms. The fraction of sp³-hybridized carbons (Fsp3) is 0.417. The first-order valence-corrected chi connectivity index (χ1v) is 7.79. The Bertz CT molecular complexity index is 646. The number of fused-ring (bicyclic) bond motifs is 1. The van der Waals surface area contributed by atoms with Crippen LogP contribution in [-0.4, -0.2) is 30.8 Å². The fourth-order valence-corrected chi connectivity index (χ4v) is 2.49. The van der Waals surface area contributed by atoms with Crippen molar-refractivity contribution < 1.29 is 8.42 Å². The van der Waals surface area contributed by atoms with Gasteiger partial charge in [0.15, 0.2) is 0 Å². The van der Waals surface area contributed by atoms with E-state index in [0.717, 1.165) is 29.7 Å². The third-order valence-corrected chi connectivity index (χ3v) is 3.49. The number of aromatic nitrogens is 2. The van der Waals surface area contributed by atoms with Crippen LogP contribution in [0, 0.1) is 0 Å². The molecule has 0 aliphatic heterocycles. The number of nitrogens with one attached hydrogen (secondary N) is 1. The molecule has 1 heterocycles. The summed E-state index contributed by atoms with van der Waals surface area (Å²) in [5.74, 6) is 0.912. The second-order valence-corrected chi connectivity index (χ2v) is 6.01. The monoisotopic (exact) mass is 267 g/mol. The number of sulfonamides is 1. The van der Waals surface area contributed by atoms with Crippen molar-refractivity contribution in [1.82, 2.24) is 14.3 Å². The summed E-state index contributed by atoms with van der Waals surface area (Å²) in [6, 6.07) is 7.93. The molecule has 1 aromatic heterocycles. The molecule has 0 fully saturated rings. The van der Waals surface area contributed by atoms with Crippen LogP contribution in [0.25, 0.3) is 11.0 Å². The van der Waals surface area contributed by atoms with Crippen molar-refractivity contribution in [2.75, 3.05) is 12.8 Å². The van der Waals surface area contributed by atoms with Gasteiger partial charge >= 0.3 is 0 Å². The Balaban J connectivity index is 2.22. The average molecular weight is 267 g/mol. The van der Waals surface area contributed by atoms with Gasteiger partial charge in [-0.05, 0) is 19.1 Å². The summed E-state index contributed by atoms with van der Waals surface area (Å²) in [5, 5.41) is 0. The lowest BCUT2D eigenvalue weighted by Gasteiger charge is -2.06. The molecule has 18 heavy (non-hydrogen) atoms. The Morgan fingerprint density at radius 2 is 2.06 bits per heavy atom. The predicted octanol–water partition coefficient (Wildman–Crippen LogP) is 1.15. The lowest BCUT2D eigenvalue weighted by molar-refractivity contribution is 0.585. The summed E-state index contributed by atoms with van der Waals surface area (Å²) in [7, 11) is -3.13. The summed E-state index contributed by atoms with van der Waals surface area (Å²) in [5.41, 5.74) is 2.04. The van der Waals surface area contributed by atoms with E-state index in [1.54, 1.807) is 0 Å². The molecule has 6 heteroatoms. The topological polar surface area (TPSA) is 64.0 Å². The van der Waals surface area contributed by atoms with E-state index in [2.05, 4.69) is 21.2 Å². The molecule has 0 radical (unpaired) electrons. The van der Waals surface area contributed by atoms with Crippen LogP contribution in [0.15, 0.2) is 24.3 Å². The molecular formula is C12H17N3O2S. The van der Waals surface area contributed by atoms with Gasteiger partial charge < -0.3 is 4.57 Å². The van der Waals surface area contributed by atoms with Gasteiger partial charge in [0.25, 0.3) is 0 Å². The minimum Gasteiger partial charge on any atom is -0.328 e. The maximum absolute atomic E-state index is 11.0. The van der Waals surface area contributed by atoms with Crippen molar-refractivity contribution in [3.05, 3.63) is 30.1 Å². The molecule has 5 nitrogen and oxygen atoms in total. The predicted molar refractivity (Wildman–Crippen MR) is 72.0 cm³/mol. The molecule has 0 bridgehead atoms. The average Bonchev–Trinajstić information content (AvgIpc) is 2.64. The first kappa shape index (κ1) is 13.0. The van der Waals surface area contributed by atoms with Crippen molar-refractivity contribution in [3.8, 4) is 0 Å². The Morgan fingerprint density at radius 3 is 2.72 bits per heavy atom. The van der Waals surface area contributed by atoms with Gasteiger partial charge in [0.1, 0.15) is 5.82 Å². The number of benzene rings is 1. The molecule has 2 aromatic rings. The maximum atomic E-state index is 11.0. The number of hydrogen-bond acceptors (Lipinski definition) is 3. The largest absolute Gasteiger partial charge is 0.328 e. The third kappa shape index (κ3) is 2.88. The second-order valence-electron chi connectivity index (χ2n) is 4.18. The van der Waals surface area contributed by atoms with Crippen molar-refractivity contribution in [3.63, 3.8) is 0 Å². The minimum absolute atomic E-state index is 0.377. The van der Waals surface area contributed by atoms with E-state index in [-0.39, 0.29) is 0 Å². The number of rotatable bonds is 5. The molecule has 2 rings (SSSR count). The minimum atomic E-state index is -3.13. The normalized spacial score (nSPS) is 12.1. The first-order chi connectivity index (χ1) is 8.51. The highest BCUT2D eigenvalue weighted by Gasteiger charge is 2.09. The Kier molecular flexibility index (Phi) is 3.68. The van der Waals surface area contributed by atoms with Gasteiger partial charge in [0, 0.05) is 19.5 Å². The van der Waals surface area contributed by atoms with Crippen LogP contribution in [0.4, 0.5) is 0 Å². The van der Waals surface area contributed by atoms with Crippen molar-refractivity contribution in [1.29, 1.82) is 0 Å². The Morgan fingerprint density at radius 1 is 1.33 bits per heavy atom. The quantitative estimate of drug-likeness (QED) is 0.883. The molecule has 1 N–H and O–H groups in total. The molecule has 0 atom stereocenters. The van der Waals surface area contributed by atoms with Gasteiger partial charge in [-0.3, -0.25) is 0 Å². The first-order valence-electron chi connectivity index (χ1n) is 5.90. The van der Waals surface area contributed by atoms with Crippen molar-refractivity contribution >= 4 is 21.1 Å². The summed E-state index contributed by atoms with van der Waals surface area (Å²) in [4.78, 5) is 4.53. The zero-order chi connectivity index (χ0) is 13.2. The summed E-state index contributed by atoms with van der Waals surface area (Å²) >= 11 is 0. The molecule has 0 saturated heterocycles. The SMILES string of the molecule is CCn1c(CCNS(C)(=O)=O)nc2ccccc21. The maximum Gasteiger partial charge on any atom is 0.208 e. The highest BCUT2D eigenvalue weighted by Crippen LogP contribution is 2.15. The number of para-hydroxylation sites is 2. The standard InChI is InChI=1S/C12H17N3O2S/c1-3-15-11-7-5-4-6-10(11)14-12(15)8-9-13-18(2,16)17/h4-7,13H,3,8-9H2,1-2H3. The molecule has 0 aliphatic carbocycles.